The van der Waals surface area contributed by atoms with Gasteiger partial charge in [0.2, 0.25) is 5.75 Å². The summed E-state index contributed by atoms with van der Waals surface area (Å²) < 4.78 is 47.9. The maximum atomic E-state index is 13.1. The highest BCUT2D eigenvalue weighted by Gasteiger charge is 2.45. The van der Waals surface area contributed by atoms with Gasteiger partial charge < -0.3 is 18.9 Å². The molecule has 1 fully saturated rings. The van der Waals surface area contributed by atoms with Gasteiger partial charge in [-0.05, 0) is 36.6 Å². The molecule has 6 nitrogen and oxygen atoms in total. The summed E-state index contributed by atoms with van der Waals surface area (Å²) in [7, 11) is 0. The summed E-state index contributed by atoms with van der Waals surface area (Å²) in [5.41, 5.74) is 1.65. The van der Waals surface area contributed by atoms with Crippen LogP contribution in [0.25, 0.3) is 0 Å². The highest BCUT2D eigenvalue weighted by Crippen LogP contribution is 2.51. The first-order valence-corrected chi connectivity index (χ1v) is 9.96. The summed E-state index contributed by atoms with van der Waals surface area (Å²) in [6.45, 7) is -0.275. The van der Waals surface area contributed by atoms with Gasteiger partial charge in [-0.3, -0.25) is 9.78 Å². The van der Waals surface area contributed by atoms with E-state index in [4.69, 9.17) is 25.8 Å². The maximum Gasteiger partial charge on any atom is 0.387 e. The number of nitrogens with zero attached hydrogens (tertiary/aromatic N) is 1. The van der Waals surface area contributed by atoms with Gasteiger partial charge in [0.15, 0.2) is 17.3 Å². The lowest BCUT2D eigenvalue weighted by Gasteiger charge is -2.25. The molecule has 4 rings (SSSR count). The van der Waals surface area contributed by atoms with Crippen LogP contribution in [-0.2, 0) is 11.2 Å². The summed E-state index contributed by atoms with van der Waals surface area (Å²) in [4.78, 5) is 17.1. The van der Waals surface area contributed by atoms with Crippen LogP contribution in [0.15, 0.2) is 24.5 Å². The Morgan fingerprint density at radius 2 is 2.03 bits per heavy atom. The zero-order valence-corrected chi connectivity index (χ0v) is 17.0. The van der Waals surface area contributed by atoms with Crippen molar-refractivity contribution in [2.45, 2.75) is 45.0 Å². The predicted molar refractivity (Wildman–Crippen MR) is 104 cm³/mol. The van der Waals surface area contributed by atoms with Gasteiger partial charge in [-0.2, -0.15) is 8.78 Å². The minimum Gasteiger partial charge on any atom is -0.447 e. The number of hydrogen-bond acceptors (Lipinski definition) is 6. The van der Waals surface area contributed by atoms with Crippen LogP contribution >= 0.6 is 11.6 Å². The molecule has 0 bridgehead atoms. The van der Waals surface area contributed by atoms with E-state index in [1.807, 2.05) is 6.92 Å². The van der Waals surface area contributed by atoms with Gasteiger partial charge in [0.25, 0.3) is 5.79 Å². The molecular weight excluding hydrogens is 420 g/mol. The van der Waals surface area contributed by atoms with Crippen molar-refractivity contribution in [1.82, 2.24) is 4.98 Å². The predicted octanol–water partition coefficient (Wildman–Crippen LogP) is 4.74. The van der Waals surface area contributed by atoms with Crippen LogP contribution in [0.5, 0.6) is 17.2 Å². The number of carbonyl (C=O) groups is 1. The van der Waals surface area contributed by atoms with Crippen molar-refractivity contribution in [3.8, 4) is 17.2 Å². The standard InChI is InChI=1S/C21H20ClF2NO5/c1-12-10-25-11-15(22)14(12)9-16(26)13-3-4-17(28-20(23)24)19-18(13)29-21(30-19)5-2-7-27-8-6-21/h3-4,10-11,20H,2,5-9H2,1H3. The molecule has 2 aliphatic heterocycles. The second kappa shape index (κ2) is 8.35. The molecule has 1 unspecified atom stereocenters. The molecule has 1 aromatic heterocycles. The number of pyridine rings is 1. The molecule has 30 heavy (non-hydrogen) atoms. The fourth-order valence-corrected chi connectivity index (χ4v) is 3.96. The Hall–Kier alpha value is -2.45. The smallest absolute Gasteiger partial charge is 0.387 e. The van der Waals surface area contributed by atoms with Crippen molar-refractivity contribution in [2.75, 3.05) is 13.2 Å². The molecule has 0 amide bonds. The van der Waals surface area contributed by atoms with Crippen molar-refractivity contribution < 1.29 is 32.5 Å². The number of benzene rings is 1. The topological polar surface area (TPSA) is 66.9 Å². The van der Waals surface area contributed by atoms with E-state index in [9.17, 15) is 13.6 Å². The number of aryl methyl sites for hydroxylation is 1. The lowest BCUT2D eigenvalue weighted by atomic mass is 9.99. The van der Waals surface area contributed by atoms with E-state index in [1.165, 1.54) is 18.3 Å². The highest BCUT2D eigenvalue weighted by atomic mass is 35.5. The first-order valence-electron chi connectivity index (χ1n) is 9.58. The van der Waals surface area contributed by atoms with Crippen LogP contribution in [0.4, 0.5) is 8.78 Å². The van der Waals surface area contributed by atoms with Crippen LogP contribution in [0.2, 0.25) is 5.02 Å². The van der Waals surface area contributed by atoms with Gasteiger partial charge in [0.1, 0.15) is 0 Å². The molecule has 3 heterocycles. The average Bonchev–Trinajstić information content (AvgIpc) is 2.92. The fourth-order valence-electron chi connectivity index (χ4n) is 3.68. The summed E-state index contributed by atoms with van der Waals surface area (Å²) in [6.07, 6.45) is 4.68. The van der Waals surface area contributed by atoms with Crippen molar-refractivity contribution in [3.63, 3.8) is 0 Å². The van der Waals surface area contributed by atoms with Gasteiger partial charge in [-0.25, -0.2) is 0 Å². The number of aromatic nitrogens is 1. The van der Waals surface area contributed by atoms with Crippen molar-refractivity contribution in [3.05, 3.63) is 46.2 Å². The third-order valence-corrected chi connectivity index (χ3v) is 5.53. The van der Waals surface area contributed by atoms with Crippen LogP contribution in [0.1, 0.15) is 40.7 Å². The molecule has 1 atom stereocenters. The highest BCUT2D eigenvalue weighted by molar-refractivity contribution is 6.31. The Balaban J connectivity index is 1.70. The zero-order chi connectivity index (χ0) is 21.3. The minimum atomic E-state index is -3.04. The van der Waals surface area contributed by atoms with E-state index in [0.29, 0.717) is 43.1 Å². The Morgan fingerprint density at radius 1 is 1.23 bits per heavy atom. The quantitative estimate of drug-likeness (QED) is 0.627. The fraction of sp³-hybridized carbons (Fsp3) is 0.429. The number of ketones is 1. The van der Waals surface area contributed by atoms with E-state index < -0.39 is 12.4 Å². The first kappa shape index (κ1) is 20.8. The van der Waals surface area contributed by atoms with E-state index in [0.717, 1.165) is 5.56 Å². The molecule has 2 aromatic rings. The molecule has 0 saturated carbocycles. The van der Waals surface area contributed by atoms with E-state index in [-0.39, 0.29) is 35.0 Å². The monoisotopic (exact) mass is 439 g/mol. The van der Waals surface area contributed by atoms with Gasteiger partial charge >= 0.3 is 6.61 Å². The Labute approximate surface area is 177 Å². The Bertz CT molecular complexity index is 940. The van der Waals surface area contributed by atoms with Gasteiger partial charge in [-0.15, -0.1) is 0 Å². The third kappa shape index (κ3) is 4.06. The Kier molecular flexibility index (Phi) is 5.79. The number of fused-ring (bicyclic) bond motifs is 1. The molecule has 160 valence electrons. The number of halogens is 3. The van der Waals surface area contributed by atoms with Gasteiger partial charge in [-0.1, -0.05) is 11.6 Å². The maximum absolute atomic E-state index is 13.1. The number of rotatable bonds is 5. The van der Waals surface area contributed by atoms with Crippen LogP contribution < -0.4 is 14.2 Å². The van der Waals surface area contributed by atoms with E-state index in [1.54, 1.807) is 6.20 Å². The molecule has 1 spiro atoms. The number of Topliss-reactive ketones (excluding diaryl/α,β-unsaturated/α-hetero) is 1. The van der Waals surface area contributed by atoms with Gasteiger partial charge in [0, 0.05) is 38.3 Å². The molecule has 2 aliphatic rings. The molecule has 9 heteroatoms. The molecule has 1 saturated heterocycles. The number of hydrogen-bond donors (Lipinski definition) is 0. The number of ether oxygens (including phenoxy) is 4. The largest absolute Gasteiger partial charge is 0.447 e. The van der Waals surface area contributed by atoms with E-state index in [2.05, 4.69) is 9.72 Å². The molecule has 0 N–H and O–H groups in total. The van der Waals surface area contributed by atoms with Crippen LogP contribution in [0.3, 0.4) is 0 Å². The zero-order valence-electron chi connectivity index (χ0n) is 16.3. The van der Waals surface area contributed by atoms with E-state index >= 15 is 0 Å². The summed E-state index contributed by atoms with van der Waals surface area (Å²) in [5.74, 6) is -1.39. The molecule has 0 radical (unpaired) electrons. The molecule has 1 aromatic carbocycles. The van der Waals surface area contributed by atoms with Crippen LogP contribution in [-0.4, -0.2) is 36.4 Å². The summed E-state index contributed by atoms with van der Waals surface area (Å²) >= 11 is 6.21. The van der Waals surface area contributed by atoms with Crippen molar-refractivity contribution in [2.24, 2.45) is 0 Å². The van der Waals surface area contributed by atoms with Crippen molar-refractivity contribution in [1.29, 1.82) is 0 Å². The summed E-state index contributed by atoms with van der Waals surface area (Å²) in [6, 6.07) is 2.72. The number of alkyl halides is 2. The Morgan fingerprint density at radius 3 is 2.80 bits per heavy atom. The second-order valence-electron chi connectivity index (χ2n) is 7.25. The minimum absolute atomic E-state index is 0.00808. The lowest BCUT2D eigenvalue weighted by molar-refractivity contribution is -0.0959. The van der Waals surface area contributed by atoms with Crippen LogP contribution in [0, 0.1) is 6.92 Å². The van der Waals surface area contributed by atoms with Gasteiger partial charge in [0.05, 0.1) is 17.2 Å². The molecular formula is C21H20ClF2NO5. The second-order valence-corrected chi connectivity index (χ2v) is 7.65. The molecule has 0 aliphatic carbocycles. The number of carbonyl (C=O) groups excluding carboxylic acids is 1. The third-order valence-electron chi connectivity index (χ3n) is 5.20. The van der Waals surface area contributed by atoms with Crippen molar-refractivity contribution >= 4 is 17.4 Å². The summed E-state index contributed by atoms with van der Waals surface area (Å²) in [5, 5.41) is 0.382. The average molecular weight is 440 g/mol. The normalized spacial score (nSPS) is 20.4. The lowest BCUT2D eigenvalue weighted by Crippen LogP contribution is -2.38. The SMILES string of the molecule is Cc1cncc(Cl)c1CC(=O)c1ccc(OC(F)F)c2c1OC1(CCCOCC1)O2. The first-order chi connectivity index (χ1) is 14.4.